The minimum absolute atomic E-state index is 0.108. The van der Waals surface area contributed by atoms with Gasteiger partial charge in [0.25, 0.3) is 5.91 Å². The number of rotatable bonds is 4. The van der Waals surface area contributed by atoms with Crippen LogP contribution in [-0.4, -0.2) is 18.5 Å². The van der Waals surface area contributed by atoms with Gasteiger partial charge in [-0.15, -0.1) is 0 Å². The van der Waals surface area contributed by atoms with Gasteiger partial charge in [-0.1, -0.05) is 12.1 Å². The first kappa shape index (κ1) is 16.6. The van der Waals surface area contributed by atoms with E-state index in [1.165, 1.54) is 6.07 Å². The van der Waals surface area contributed by atoms with E-state index in [1.807, 2.05) is 6.07 Å². The second-order valence-electron chi connectivity index (χ2n) is 4.41. The summed E-state index contributed by atoms with van der Waals surface area (Å²) in [4.78, 5) is 23.6. The molecule has 0 unspecified atom stereocenters. The fourth-order valence-corrected chi connectivity index (χ4v) is 2.25. The van der Waals surface area contributed by atoms with E-state index in [4.69, 9.17) is 10.00 Å². The number of nitriles is 1. The quantitative estimate of drug-likeness (QED) is 0.830. The largest absolute Gasteiger partial charge is 0.452 e. The van der Waals surface area contributed by atoms with Crippen LogP contribution in [0.15, 0.2) is 46.9 Å². The van der Waals surface area contributed by atoms with Crippen molar-refractivity contribution >= 4 is 33.5 Å². The standard InChI is InChI=1S/C16H10BrFN2O3/c17-13-7-11(18)5-6-12(13)16(22)23-9-15(21)20-14-4-2-1-3-10(14)8-19/h1-7H,9H2,(H,20,21). The van der Waals surface area contributed by atoms with Crippen molar-refractivity contribution in [1.82, 2.24) is 0 Å². The highest BCUT2D eigenvalue weighted by Crippen LogP contribution is 2.19. The second-order valence-corrected chi connectivity index (χ2v) is 5.26. The van der Waals surface area contributed by atoms with Crippen LogP contribution in [0.3, 0.4) is 0 Å². The highest BCUT2D eigenvalue weighted by atomic mass is 79.9. The number of para-hydroxylation sites is 1. The Hall–Kier alpha value is -2.72. The van der Waals surface area contributed by atoms with Crippen molar-refractivity contribution in [3.05, 3.63) is 63.9 Å². The minimum atomic E-state index is -0.763. The number of carbonyl (C=O) groups is 2. The molecule has 1 N–H and O–H groups in total. The topological polar surface area (TPSA) is 79.2 Å². The highest BCUT2D eigenvalue weighted by molar-refractivity contribution is 9.10. The molecule has 0 aliphatic carbocycles. The normalized spacial score (nSPS) is 9.78. The molecule has 23 heavy (non-hydrogen) atoms. The van der Waals surface area contributed by atoms with Crippen LogP contribution in [0.4, 0.5) is 10.1 Å². The maximum absolute atomic E-state index is 13.0. The van der Waals surface area contributed by atoms with Crippen molar-refractivity contribution in [2.24, 2.45) is 0 Å². The molecule has 0 aliphatic rings. The predicted molar refractivity (Wildman–Crippen MR) is 84.2 cm³/mol. The van der Waals surface area contributed by atoms with Crippen LogP contribution in [-0.2, 0) is 9.53 Å². The molecule has 2 aromatic carbocycles. The lowest BCUT2D eigenvalue weighted by Gasteiger charge is -2.08. The zero-order chi connectivity index (χ0) is 16.8. The average molecular weight is 377 g/mol. The maximum Gasteiger partial charge on any atom is 0.339 e. The zero-order valence-corrected chi connectivity index (χ0v) is 13.3. The summed E-state index contributed by atoms with van der Waals surface area (Å²) >= 11 is 3.05. The van der Waals surface area contributed by atoms with Gasteiger partial charge in [-0.3, -0.25) is 4.79 Å². The summed E-state index contributed by atoms with van der Waals surface area (Å²) in [7, 11) is 0. The summed E-state index contributed by atoms with van der Waals surface area (Å²) < 4.78 is 18.1. The van der Waals surface area contributed by atoms with Crippen molar-refractivity contribution in [2.75, 3.05) is 11.9 Å². The van der Waals surface area contributed by atoms with Crippen LogP contribution in [0.5, 0.6) is 0 Å². The van der Waals surface area contributed by atoms with Gasteiger partial charge in [0.1, 0.15) is 11.9 Å². The van der Waals surface area contributed by atoms with Crippen molar-refractivity contribution in [1.29, 1.82) is 5.26 Å². The molecule has 7 heteroatoms. The third-order valence-electron chi connectivity index (χ3n) is 2.81. The number of amides is 1. The van der Waals surface area contributed by atoms with E-state index in [0.29, 0.717) is 11.3 Å². The monoisotopic (exact) mass is 376 g/mol. The number of anilines is 1. The summed E-state index contributed by atoms with van der Waals surface area (Å²) in [6.45, 7) is -0.525. The molecule has 0 saturated carbocycles. The first-order valence-corrected chi connectivity index (χ1v) is 7.21. The molecule has 2 aromatic rings. The van der Waals surface area contributed by atoms with Crippen molar-refractivity contribution < 1.29 is 18.7 Å². The van der Waals surface area contributed by atoms with Gasteiger partial charge in [-0.05, 0) is 46.3 Å². The molecule has 116 valence electrons. The molecule has 0 spiro atoms. The fourth-order valence-electron chi connectivity index (χ4n) is 1.74. The van der Waals surface area contributed by atoms with E-state index in [2.05, 4.69) is 21.2 Å². The molecule has 0 radical (unpaired) electrons. The van der Waals surface area contributed by atoms with Crippen LogP contribution in [0, 0.1) is 17.1 Å². The number of nitrogens with one attached hydrogen (secondary N) is 1. The first-order valence-electron chi connectivity index (χ1n) is 6.42. The van der Waals surface area contributed by atoms with Crippen molar-refractivity contribution in [3.8, 4) is 6.07 Å². The van der Waals surface area contributed by atoms with E-state index < -0.39 is 24.3 Å². The van der Waals surface area contributed by atoms with Gasteiger partial charge in [0.15, 0.2) is 6.61 Å². The Morgan fingerprint density at radius 3 is 2.70 bits per heavy atom. The van der Waals surface area contributed by atoms with E-state index in [-0.39, 0.29) is 10.0 Å². The van der Waals surface area contributed by atoms with Crippen LogP contribution in [0.25, 0.3) is 0 Å². The number of ether oxygens (including phenoxy) is 1. The lowest BCUT2D eigenvalue weighted by atomic mass is 10.2. The minimum Gasteiger partial charge on any atom is -0.452 e. The molecular formula is C16H10BrFN2O3. The third-order valence-corrected chi connectivity index (χ3v) is 3.46. The Labute approximate surface area is 139 Å². The number of nitrogens with zero attached hydrogens (tertiary/aromatic N) is 1. The number of hydrogen-bond donors (Lipinski definition) is 1. The lowest BCUT2D eigenvalue weighted by molar-refractivity contribution is -0.119. The summed E-state index contributed by atoms with van der Waals surface area (Å²) in [6.07, 6.45) is 0. The number of carbonyl (C=O) groups excluding carboxylic acids is 2. The third kappa shape index (κ3) is 4.37. The summed E-state index contributed by atoms with van der Waals surface area (Å²) in [6, 6.07) is 11.9. The van der Waals surface area contributed by atoms with Crippen LogP contribution in [0.2, 0.25) is 0 Å². The van der Waals surface area contributed by atoms with Crippen LogP contribution < -0.4 is 5.32 Å². The molecule has 5 nitrogen and oxygen atoms in total. The summed E-state index contributed by atoms with van der Waals surface area (Å²) in [5, 5.41) is 11.4. The highest BCUT2D eigenvalue weighted by Gasteiger charge is 2.14. The van der Waals surface area contributed by atoms with Gasteiger partial charge in [0.2, 0.25) is 0 Å². The van der Waals surface area contributed by atoms with E-state index >= 15 is 0 Å². The maximum atomic E-state index is 13.0. The van der Waals surface area contributed by atoms with Crippen LogP contribution in [0.1, 0.15) is 15.9 Å². The summed E-state index contributed by atoms with van der Waals surface area (Å²) in [5.74, 6) is -1.85. The Bertz CT molecular complexity index is 802. The van der Waals surface area contributed by atoms with Gasteiger partial charge < -0.3 is 10.1 Å². The van der Waals surface area contributed by atoms with Gasteiger partial charge in [-0.2, -0.15) is 5.26 Å². The second kappa shape index (κ2) is 7.51. The zero-order valence-electron chi connectivity index (χ0n) is 11.7. The van der Waals surface area contributed by atoms with Crippen LogP contribution >= 0.6 is 15.9 Å². The van der Waals surface area contributed by atoms with Gasteiger partial charge in [0.05, 0.1) is 16.8 Å². The van der Waals surface area contributed by atoms with Crippen molar-refractivity contribution in [3.63, 3.8) is 0 Å². The molecule has 0 bridgehead atoms. The predicted octanol–water partition coefficient (Wildman–Crippen LogP) is 3.26. The molecule has 0 heterocycles. The molecule has 1 amide bonds. The first-order chi connectivity index (χ1) is 11.0. The van der Waals surface area contributed by atoms with Gasteiger partial charge in [-0.25, -0.2) is 9.18 Å². The smallest absolute Gasteiger partial charge is 0.339 e. The van der Waals surface area contributed by atoms with Crippen molar-refractivity contribution in [2.45, 2.75) is 0 Å². The molecule has 0 atom stereocenters. The summed E-state index contributed by atoms with van der Waals surface area (Å²) in [5.41, 5.74) is 0.740. The Morgan fingerprint density at radius 1 is 1.26 bits per heavy atom. The molecular weight excluding hydrogens is 367 g/mol. The number of benzene rings is 2. The molecule has 0 aliphatic heterocycles. The number of esters is 1. The average Bonchev–Trinajstić information content (AvgIpc) is 2.53. The molecule has 0 saturated heterocycles. The van der Waals surface area contributed by atoms with E-state index in [9.17, 15) is 14.0 Å². The molecule has 2 rings (SSSR count). The Kier molecular flexibility index (Phi) is 5.44. The Morgan fingerprint density at radius 2 is 2.00 bits per heavy atom. The van der Waals surface area contributed by atoms with Gasteiger partial charge >= 0.3 is 5.97 Å². The SMILES string of the molecule is N#Cc1ccccc1NC(=O)COC(=O)c1ccc(F)cc1Br. The number of hydrogen-bond acceptors (Lipinski definition) is 4. The Balaban J connectivity index is 1.96. The molecule has 0 fully saturated rings. The number of halogens is 2. The lowest BCUT2D eigenvalue weighted by Crippen LogP contribution is -2.21. The molecule has 0 aromatic heterocycles. The van der Waals surface area contributed by atoms with E-state index in [0.717, 1.165) is 12.1 Å². The van der Waals surface area contributed by atoms with Gasteiger partial charge in [0, 0.05) is 4.47 Å². The fraction of sp³-hybridized carbons (Fsp3) is 0.0625. The van der Waals surface area contributed by atoms with E-state index in [1.54, 1.807) is 24.3 Å².